The number of amides is 3. The normalized spacial score (nSPS) is 21.7. The average molecular weight is 689 g/mol. The standard InChI is InChI=1S/C32H48N8O5S2/c1-22(33-4)30(46)36-25-11-16-47-27-17-32(2,3)28(40(27)31(25)43)29(42)34-12-15-45-19-24-18-39(38-37-24)13-8-14-44-20-26(35-21-41)23-9-6-5-7-10-23/h5-7,9-10,18,21-22,25-28,33H,8,11-17,19-20H2,1-4H3,(H,34,42)(H,35,41)(H,36,46)/t22-,25-,26+,27?,28+/m0/s1. The first-order valence-corrected chi connectivity index (χ1v) is 17.6. The SMILES string of the molecule is CN[C@@H](C)C(=S)N[C@H]1CCSC2CC(C)(C)[C@@H](C(=O)NCCOCc3cn(CCCOC[C@@H](NC=O)c4ccccc4)nn3)N2C1=O. The largest absolute Gasteiger partial charge is 0.379 e. The van der Waals surface area contributed by atoms with Gasteiger partial charge in [0.25, 0.3) is 0 Å². The van der Waals surface area contributed by atoms with Gasteiger partial charge in [-0.25, -0.2) is 0 Å². The first-order chi connectivity index (χ1) is 22.6. The Bertz CT molecular complexity index is 1330. The number of thioether (sulfide) groups is 1. The fourth-order valence-corrected chi connectivity index (χ4v) is 7.69. The van der Waals surface area contributed by atoms with Crippen LogP contribution in [0.25, 0.3) is 0 Å². The van der Waals surface area contributed by atoms with E-state index in [9.17, 15) is 14.4 Å². The van der Waals surface area contributed by atoms with E-state index in [1.165, 1.54) is 0 Å². The zero-order chi connectivity index (χ0) is 33.8. The van der Waals surface area contributed by atoms with Gasteiger partial charge in [-0.2, -0.15) is 0 Å². The number of hydrogen-bond acceptors (Lipinski definition) is 10. The summed E-state index contributed by atoms with van der Waals surface area (Å²) in [6.45, 7) is 8.43. The molecule has 15 heteroatoms. The molecule has 3 amide bonds. The molecule has 1 aromatic carbocycles. The van der Waals surface area contributed by atoms with Crippen molar-refractivity contribution in [1.29, 1.82) is 0 Å². The minimum atomic E-state index is -0.584. The second kappa shape index (κ2) is 17.9. The first kappa shape index (κ1) is 36.7. The highest BCUT2D eigenvalue weighted by molar-refractivity contribution is 7.99. The van der Waals surface area contributed by atoms with E-state index >= 15 is 0 Å². The van der Waals surface area contributed by atoms with Crippen molar-refractivity contribution in [2.45, 2.75) is 82.7 Å². The summed E-state index contributed by atoms with van der Waals surface area (Å²) in [5.41, 5.74) is 1.30. The lowest BCUT2D eigenvalue weighted by Crippen LogP contribution is -2.57. The van der Waals surface area contributed by atoms with Gasteiger partial charge in [-0.05, 0) is 50.0 Å². The van der Waals surface area contributed by atoms with Crippen molar-refractivity contribution >= 4 is 47.2 Å². The van der Waals surface area contributed by atoms with Crippen LogP contribution in [0.15, 0.2) is 36.5 Å². The molecule has 258 valence electrons. The number of nitrogens with zero attached hydrogens (tertiary/aromatic N) is 4. The van der Waals surface area contributed by atoms with Crippen LogP contribution in [0, 0.1) is 5.41 Å². The maximum atomic E-state index is 13.7. The molecule has 2 fully saturated rings. The number of benzene rings is 1. The molecule has 0 spiro atoms. The molecule has 1 aromatic heterocycles. The van der Waals surface area contributed by atoms with Gasteiger partial charge in [0.1, 0.15) is 17.8 Å². The zero-order valence-corrected chi connectivity index (χ0v) is 29.3. The highest BCUT2D eigenvalue weighted by Crippen LogP contribution is 2.46. The number of aromatic nitrogens is 3. The Labute approximate surface area is 286 Å². The van der Waals surface area contributed by atoms with Gasteiger partial charge in [0.15, 0.2) is 0 Å². The lowest BCUT2D eigenvalue weighted by Gasteiger charge is -2.34. The Balaban J connectivity index is 1.17. The predicted octanol–water partition coefficient (Wildman–Crippen LogP) is 1.79. The lowest BCUT2D eigenvalue weighted by atomic mass is 9.84. The highest BCUT2D eigenvalue weighted by Gasteiger charge is 2.54. The van der Waals surface area contributed by atoms with E-state index in [1.54, 1.807) is 21.3 Å². The number of rotatable bonds is 18. The number of likely N-dealkylation sites (N-methyl/N-ethyl adjacent to an activating group) is 1. The van der Waals surface area contributed by atoms with E-state index < -0.39 is 12.1 Å². The smallest absolute Gasteiger partial charge is 0.246 e. The lowest BCUT2D eigenvalue weighted by molar-refractivity contribution is -0.142. The predicted molar refractivity (Wildman–Crippen MR) is 184 cm³/mol. The zero-order valence-electron chi connectivity index (χ0n) is 27.6. The summed E-state index contributed by atoms with van der Waals surface area (Å²) in [6.07, 6.45) is 4.65. The fraction of sp³-hybridized carbons (Fsp3) is 0.625. The Morgan fingerprint density at radius 2 is 2.02 bits per heavy atom. The van der Waals surface area contributed by atoms with Crippen molar-refractivity contribution in [2.24, 2.45) is 5.41 Å². The molecule has 47 heavy (non-hydrogen) atoms. The van der Waals surface area contributed by atoms with Crippen molar-refractivity contribution in [2.75, 3.05) is 39.2 Å². The third-order valence-corrected chi connectivity index (χ3v) is 10.2. The molecular formula is C32H48N8O5S2. The topological polar surface area (TPSA) is 152 Å². The second-order valence-electron chi connectivity index (χ2n) is 12.5. The van der Waals surface area contributed by atoms with Crippen LogP contribution < -0.4 is 21.3 Å². The molecule has 2 saturated heterocycles. The van der Waals surface area contributed by atoms with Gasteiger partial charge in [-0.3, -0.25) is 19.1 Å². The van der Waals surface area contributed by atoms with Crippen molar-refractivity contribution in [3.8, 4) is 0 Å². The van der Waals surface area contributed by atoms with E-state index in [-0.39, 0.29) is 41.3 Å². The fourth-order valence-electron chi connectivity index (χ4n) is 5.85. The van der Waals surface area contributed by atoms with Crippen molar-refractivity contribution in [3.63, 3.8) is 0 Å². The van der Waals surface area contributed by atoms with E-state index in [0.29, 0.717) is 56.4 Å². The highest BCUT2D eigenvalue weighted by atomic mass is 32.2. The van der Waals surface area contributed by atoms with Gasteiger partial charge >= 0.3 is 0 Å². The van der Waals surface area contributed by atoms with Crippen LogP contribution in [-0.2, 0) is 37.0 Å². The quantitative estimate of drug-likeness (QED) is 0.103. The molecule has 0 bridgehead atoms. The Kier molecular flexibility index (Phi) is 14.0. The molecule has 3 heterocycles. The Morgan fingerprint density at radius 1 is 1.23 bits per heavy atom. The number of fused-ring (bicyclic) bond motifs is 1. The average Bonchev–Trinajstić information content (AvgIpc) is 3.59. The molecule has 1 unspecified atom stereocenters. The van der Waals surface area contributed by atoms with Crippen molar-refractivity contribution in [1.82, 2.24) is 41.2 Å². The number of carbonyl (C=O) groups excluding carboxylic acids is 3. The summed E-state index contributed by atoms with van der Waals surface area (Å²) >= 11 is 7.24. The minimum absolute atomic E-state index is 0.0496. The molecule has 0 radical (unpaired) electrons. The molecule has 2 aliphatic rings. The molecule has 0 saturated carbocycles. The van der Waals surface area contributed by atoms with Crippen LogP contribution in [0.1, 0.15) is 57.3 Å². The maximum Gasteiger partial charge on any atom is 0.246 e. The van der Waals surface area contributed by atoms with Gasteiger partial charge in [-0.1, -0.05) is 61.6 Å². The van der Waals surface area contributed by atoms with E-state index in [1.807, 2.05) is 64.3 Å². The van der Waals surface area contributed by atoms with Crippen LogP contribution >= 0.6 is 24.0 Å². The van der Waals surface area contributed by atoms with Crippen LogP contribution in [0.5, 0.6) is 0 Å². The maximum absolute atomic E-state index is 13.7. The Hall–Kier alpha value is -3.11. The van der Waals surface area contributed by atoms with Crippen LogP contribution in [-0.4, -0.2) is 106 Å². The number of thiocarbonyl (C=S) groups is 1. The van der Waals surface area contributed by atoms with Crippen LogP contribution in [0.4, 0.5) is 0 Å². The summed E-state index contributed by atoms with van der Waals surface area (Å²) in [6, 6.07) is 8.41. The van der Waals surface area contributed by atoms with E-state index in [2.05, 4.69) is 31.6 Å². The molecule has 2 aromatic rings. The molecule has 13 nitrogen and oxygen atoms in total. The second-order valence-corrected chi connectivity index (χ2v) is 14.2. The summed E-state index contributed by atoms with van der Waals surface area (Å²) in [5, 5.41) is 20.4. The number of ether oxygens (including phenoxy) is 2. The van der Waals surface area contributed by atoms with Crippen LogP contribution in [0.2, 0.25) is 0 Å². The van der Waals surface area contributed by atoms with Gasteiger partial charge in [0.2, 0.25) is 18.2 Å². The van der Waals surface area contributed by atoms with Crippen molar-refractivity contribution < 1.29 is 23.9 Å². The third-order valence-electron chi connectivity index (χ3n) is 8.50. The third kappa shape index (κ3) is 10.2. The van der Waals surface area contributed by atoms with Gasteiger partial charge in [-0.15, -0.1) is 16.9 Å². The molecule has 4 N–H and O–H groups in total. The summed E-state index contributed by atoms with van der Waals surface area (Å²) in [4.78, 5) is 40.6. The number of nitrogens with one attached hydrogen (secondary N) is 4. The monoisotopic (exact) mass is 688 g/mol. The summed E-state index contributed by atoms with van der Waals surface area (Å²) in [5.74, 6) is 0.563. The first-order valence-electron chi connectivity index (χ1n) is 16.1. The summed E-state index contributed by atoms with van der Waals surface area (Å²) < 4.78 is 13.3. The number of carbonyl (C=O) groups is 3. The number of aryl methyl sites for hydroxylation is 1. The number of hydrogen-bond donors (Lipinski definition) is 4. The van der Waals surface area contributed by atoms with Gasteiger partial charge in [0.05, 0.1) is 48.5 Å². The molecule has 2 aliphatic heterocycles. The van der Waals surface area contributed by atoms with Gasteiger partial charge in [0, 0.05) is 19.7 Å². The van der Waals surface area contributed by atoms with Crippen LogP contribution in [0.3, 0.4) is 0 Å². The molecule has 0 aliphatic carbocycles. The molecule has 4 rings (SSSR count). The summed E-state index contributed by atoms with van der Waals surface area (Å²) in [7, 11) is 1.83. The van der Waals surface area contributed by atoms with E-state index in [4.69, 9.17) is 21.7 Å². The van der Waals surface area contributed by atoms with Crippen molar-refractivity contribution in [3.05, 3.63) is 47.8 Å². The molecule has 5 atom stereocenters. The Morgan fingerprint density at radius 3 is 2.77 bits per heavy atom. The van der Waals surface area contributed by atoms with Gasteiger partial charge < -0.3 is 35.6 Å². The minimum Gasteiger partial charge on any atom is -0.379 e. The molecular weight excluding hydrogens is 641 g/mol. The van der Waals surface area contributed by atoms with E-state index in [0.717, 1.165) is 24.2 Å².